The summed E-state index contributed by atoms with van der Waals surface area (Å²) in [6.45, 7) is 0. The highest BCUT2D eigenvalue weighted by Gasteiger charge is 2.64. The van der Waals surface area contributed by atoms with Gasteiger partial charge < -0.3 is 20.4 Å². The number of ketones is 2. The number of aromatic nitrogens is 2. The van der Waals surface area contributed by atoms with E-state index < -0.39 is 52.3 Å². The van der Waals surface area contributed by atoms with Crippen molar-refractivity contribution in [3.63, 3.8) is 0 Å². The van der Waals surface area contributed by atoms with Crippen molar-refractivity contribution in [3.8, 4) is 11.3 Å². The molecule has 10 nitrogen and oxygen atoms in total. The Morgan fingerprint density at radius 3 is 2.49 bits per heavy atom. The van der Waals surface area contributed by atoms with Crippen LogP contribution < -0.4 is 0 Å². The van der Waals surface area contributed by atoms with Gasteiger partial charge in [0.1, 0.15) is 11.3 Å². The third kappa shape index (κ3) is 3.06. The number of nitrogens with zero attached hydrogens (tertiary/aromatic N) is 3. The monoisotopic (exact) mass is 477 g/mol. The molecule has 1 aromatic heterocycles. The zero-order valence-electron chi connectivity index (χ0n) is 19.0. The average molecular weight is 477 g/mol. The number of hydrogen-bond acceptors (Lipinski definition) is 9. The molecule has 1 fully saturated rings. The Morgan fingerprint density at radius 2 is 1.86 bits per heavy atom. The number of fused-ring (bicyclic) bond motifs is 3. The van der Waals surface area contributed by atoms with E-state index in [1.54, 1.807) is 44.8 Å². The molecular weight excluding hydrogens is 454 g/mol. The van der Waals surface area contributed by atoms with E-state index in [1.165, 1.54) is 4.90 Å². The first-order chi connectivity index (χ1) is 16.6. The van der Waals surface area contributed by atoms with E-state index >= 15 is 0 Å². The molecular formula is C25H23N3O7. The minimum atomic E-state index is -2.66. The quantitative estimate of drug-likeness (QED) is 0.474. The van der Waals surface area contributed by atoms with Crippen LogP contribution in [0.5, 0.6) is 0 Å². The minimum absolute atomic E-state index is 0.0570. The Bertz CT molecular complexity index is 1350. The van der Waals surface area contributed by atoms with Crippen LogP contribution >= 0.6 is 0 Å². The molecule has 1 aromatic carbocycles. The number of hydrogen-bond donors (Lipinski definition) is 4. The molecule has 1 saturated carbocycles. The third-order valence-electron chi connectivity index (χ3n) is 7.31. The van der Waals surface area contributed by atoms with Gasteiger partial charge in [-0.15, -0.1) is 0 Å². The molecule has 0 unspecified atom stereocenters. The standard InChI is InChI=1S/C25H23N3O7/c1-28(2)19-15-9-11-8-14-12(16-10-26-6-7-27-16)4-3-5-13(14)20(29)17(11)22(31)25(15,35)23(32)18(21(19)30)24(33)34/h3-7,10-11,15,19,29,32,35H,8-9H2,1-2H3,(H,33,34)/t11-,15-,19-,25-/m0/s1. The summed E-state index contributed by atoms with van der Waals surface area (Å²) in [5.41, 5.74) is -1.32. The fourth-order valence-electron chi connectivity index (χ4n) is 5.82. The Kier molecular flexibility index (Phi) is 5.11. The predicted octanol–water partition coefficient (Wildman–Crippen LogP) is 1.31. The van der Waals surface area contributed by atoms with E-state index in [0.717, 1.165) is 11.1 Å². The summed E-state index contributed by atoms with van der Waals surface area (Å²) in [5.74, 6) is -6.83. The van der Waals surface area contributed by atoms with E-state index in [-0.39, 0.29) is 17.8 Å². The summed E-state index contributed by atoms with van der Waals surface area (Å²) in [7, 11) is 3.08. The van der Waals surface area contributed by atoms with Crippen molar-refractivity contribution >= 4 is 23.3 Å². The second-order valence-electron chi connectivity index (χ2n) is 9.32. The van der Waals surface area contributed by atoms with Crippen LogP contribution in [-0.4, -0.2) is 78.6 Å². The molecule has 0 bridgehead atoms. The highest BCUT2D eigenvalue weighted by Crippen LogP contribution is 2.52. The molecule has 5 rings (SSSR count). The number of aliphatic carboxylic acids is 1. The number of aliphatic hydroxyl groups excluding tert-OH is 2. The lowest BCUT2D eigenvalue weighted by Gasteiger charge is -2.50. The first-order valence-electron chi connectivity index (χ1n) is 11.1. The van der Waals surface area contributed by atoms with Gasteiger partial charge in [0.15, 0.2) is 17.1 Å². The largest absolute Gasteiger partial charge is 0.508 e. The van der Waals surface area contributed by atoms with Gasteiger partial charge in [-0.1, -0.05) is 18.2 Å². The van der Waals surface area contributed by atoms with Crippen molar-refractivity contribution in [3.05, 3.63) is 64.8 Å². The summed E-state index contributed by atoms with van der Waals surface area (Å²) in [6.07, 6.45) is 5.05. The number of carboxylic acid groups (broad SMARTS) is 1. The van der Waals surface area contributed by atoms with Gasteiger partial charge >= 0.3 is 5.97 Å². The number of aliphatic hydroxyl groups is 3. The van der Waals surface area contributed by atoms with Gasteiger partial charge in [-0.2, -0.15) is 0 Å². The van der Waals surface area contributed by atoms with Crippen LogP contribution in [0.25, 0.3) is 17.0 Å². The summed E-state index contributed by atoms with van der Waals surface area (Å²) in [5, 5.41) is 43.1. The predicted molar refractivity (Wildman–Crippen MR) is 122 cm³/mol. The van der Waals surface area contributed by atoms with E-state index in [1.807, 2.05) is 6.07 Å². The van der Waals surface area contributed by atoms with Crippen molar-refractivity contribution in [1.82, 2.24) is 14.9 Å². The highest BCUT2D eigenvalue weighted by atomic mass is 16.4. The molecule has 0 amide bonds. The molecule has 1 heterocycles. The van der Waals surface area contributed by atoms with E-state index in [0.29, 0.717) is 17.7 Å². The van der Waals surface area contributed by atoms with Crippen molar-refractivity contribution in [2.24, 2.45) is 11.8 Å². The van der Waals surface area contributed by atoms with Gasteiger partial charge in [-0.25, -0.2) is 4.79 Å². The second-order valence-corrected chi connectivity index (χ2v) is 9.32. The second kappa shape index (κ2) is 7.82. The number of carboxylic acids is 1. The Morgan fingerprint density at radius 1 is 1.14 bits per heavy atom. The maximum absolute atomic E-state index is 13.7. The third-order valence-corrected chi connectivity index (χ3v) is 7.31. The van der Waals surface area contributed by atoms with Crippen LogP contribution in [0.15, 0.2) is 53.7 Å². The molecule has 35 heavy (non-hydrogen) atoms. The number of rotatable bonds is 3. The first kappa shape index (κ1) is 22.9. The van der Waals surface area contributed by atoms with Gasteiger partial charge in [-0.05, 0) is 38.4 Å². The summed E-state index contributed by atoms with van der Waals surface area (Å²) in [4.78, 5) is 48.5. The van der Waals surface area contributed by atoms with E-state index in [9.17, 15) is 34.8 Å². The van der Waals surface area contributed by atoms with Crippen LogP contribution in [-0.2, 0) is 20.8 Å². The fourth-order valence-corrected chi connectivity index (χ4v) is 5.82. The molecule has 4 N–H and O–H groups in total. The van der Waals surface area contributed by atoms with Gasteiger partial charge in [0.2, 0.25) is 5.78 Å². The van der Waals surface area contributed by atoms with Crippen LogP contribution in [0.4, 0.5) is 0 Å². The molecule has 4 atom stereocenters. The summed E-state index contributed by atoms with van der Waals surface area (Å²) < 4.78 is 0. The maximum atomic E-state index is 13.7. The van der Waals surface area contributed by atoms with Crippen LogP contribution in [0.3, 0.4) is 0 Å². The van der Waals surface area contributed by atoms with E-state index in [2.05, 4.69) is 9.97 Å². The molecule has 0 radical (unpaired) electrons. The zero-order valence-corrected chi connectivity index (χ0v) is 19.0. The van der Waals surface area contributed by atoms with Crippen molar-refractivity contribution < 1.29 is 34.8 Å². The van der Waals surface area contributed by atoms with Crippen molar-refractivity contribution in [2.45, 2.75) is 24.5 Å². The molecule has 180 valence electrons. The van der Waals surface area contributed by atoms with Gasteiger partial charge in [0, 0.05) is 35.0 Å². The number of Topliss-reactive ketones (excluding diaryl/α,β-unsaturated/α-hetero) is 2. The van der Waals surface area contributed by atoms with Crippen LogP contribution in [0.1, 0.15) is 17.5 Å². The van der Waals surface area contributed by atoms with Gasteiger partial charge in [0.05, 0.1) is 17.9 Å². The molecule has 10 heteroatoms. The maximum Gasteiger partial charge on any atom is 0.342 e. The lowest BCUT2D eigenvalue weighted by molar-refractivity contribution is -0.155. The molecule has 3 aliphatic carbocycles. The van der Waals surface area contributed by atoms with Crippen LogP contribution in [0, 0.1) is 11.8 Å². The van der Waals surface area contributed by atoms with E-state index in [4.69, 9.17) is 0 Å². The normalized spacial score (nSPS) is 28.1. The smallest absolute Gasteiger partial charge is 0.342 e. The number of benzene rings is 1. The highest BCUT2D eigenvalue weighted by molar-refractivity contribution is 6.23. The summed E-state index contributed by atoms with van der Waals surface area (Å²) in [6, 6.07) is 4.02. The molecule has 0 spiro atoms. The molecule has 0 aliphatic heterocycles. The van der Waals surface area contributed by atoms with Gasteiger partial charge in [-0.3, -0.25) is 24.5 Å². The average Bonchev–Trinajstić information content (AvgIpc) is 2.81. The number of likely N-dealkylation sites (N-methyl/N-ethyl adjacent to an activating group) is 1. The Hall–Kier alpha value is -3.89. The first-order valence-corrected chi connectivity index (χ1v) is 11.1. The number of carbonyl (C=O) groups is 3. The molecule has 0 saturated heterocycles. The topological polar surface area (TPSA) is 161 Å². The molecule has 3 aliphatic rings. The lowest BCUT2D eigenvalue weighted by atomic mass is 9.57. The Labute approximate surface area is 199 Å². The Balaban J connectivity index is 1.72. The fraction of sp³-hybridized carbons (Fsp3) is 0.320. The molecule has 2 aromatic rings. The zero-order chi connectivity index (χ0) is 25.2. The van der Waals surface area contributed by atoms with Crippen LogP contribution in [0.2, 0.25) is 0 Å². The van der Waals surface area contributed by atoms with Gasteiger partial charge in [0.25, 0.3) is 0 Å². The lowest BCUT2D eigenvalue weighted by Crippen LogP contribution is -2.65. The minimum Gasteiger partial charge on any atom is -0.508 e. The van der Waals surface area contributed by atoms with Crippen molar-refractivity contribution in [1.29, 1.82) is 0 Å². The van der Waals surface area contributed by atoms with Crippen molar-refractivity contribution in [2.75, 3.05) is 14.1 Å². The summed E-state index contributed by atoms with van der Waals surface area (Å²) >= 11 is 0. The SMILES string of the molecule is CN(C)[C@@H]1C(=O)C(C(=O)O)=C(O)[C@@]2(O)C(=O)C3=C(O)c4cccc(-c5cnccn5)c4C[C@H]3C[C@@H]12. The number of carbonyl (C=O) groups excluding carboxylic acids is 2.